The number of nitrogens with one attached hydrogen (secondary N) is 1. The highest BCUT2D eigenvalue weighted by Gasteiger charge is 2.34. The van der Waals surface area contributed by atoms with Gasteiger partial charge in [0, 0.05) is 25.5 Å². The van der Waals surface area contributed by atoms with Crippen LogP contribution in [0.3, 0.4) is 0 Å². The van der Waals surface area contributed by atoms with Crippen molar-refractivity contribution in [2.75, 3.05) is 29.2 Å². The van der Waals surface area contributed by atoms with Gasteiger partial charge in [-0.05, 0) is 67.1 Å². The van der Waals surface area contributed by atoms with Gasteiger partial charge in [0.05, 0.1) is 16.5 Å². The average Bonchev–Trinajstić information content (AvgIpc) is 3.19. The molecule has 0 aliphatic carbocycles. The van der Waals surface area contributed by atoms with Crippen LogP contribution in [0.1, 0.15) is 22.8 Å². The number of hydrogen-bond acceptors (Lipinski definition) is 6. The Morgan fingerprint density at radius 1 is 1.00 bits per heavy atom. The first-order valence-electron chi connectivity index (χ1n) is 11.5. The molecule has 0 radical (unpaired) electrons. The molecule has 0 saturated carbocycles. The number of carboxylic acid groups (broad SMARTS) is 1. The van der Waals surface area contributed by atoms with Gasteiger partial charge in [0.1, 0.15) is 5.70 Å². The van der Waals surface area contributed by atoms with Crippen LogP contribution >= 0.6 is 11.8 Å². The predicted molar refractivity (Wildman–Crippen MR) is 149 cm³/mol. The lowest BCUT2D eigenvalue weighted by Crippen LogP contribution is -2.33. The fourth-order valence-electron chi connectivity index (χ4n) is 3.56. The van der Waals surface area contributed by atoms with Gasteiger partial charge in [-0.2, -0.15) is 0 Å². The maximum Gasteiger partial charge on any atom is 0.335 e. The Labute approximate surface area is 219 Å². The third-order valence-corrected chi connectivity index (χ3v) is 6.66. The lowest BCUT2D eigenvalue weighted by Gasteiger charge is -2.20. The van der Waals surface area contributed by atoms with Crippen molar-refractivity contribution >= 4 is 57.9 Å². The number of rotatable bonds is 7. The number of carbonyl (C=O) groups is 3. The van der Waals surface area contributed by atoms with Gasteiger partial charge in [-0.3, -0.25) is 14.5 Å². The highest BCUT2D eigenvalue weighted by atomic mass is 32.2. The van der Waals surface area contributed by atoms with Crippen molar-refractivity contribution in [1.82, 2.24) is 0 Å². The average molecular weight is 515 g/mol. The molecule has 0 fully saturated rings. The van der Waals surface area contributed by atoms with Crippen molar-refractivity contribution in [2.45, 2.75) is 12.2 Å². The van der Waals surface area contributed by atoms with E-state index in [4.69, 9.17) is 5.11 Å². The van der Waals surface area contributed by atoms with E-state index < -0.39 is 11.2 Å². The SMILES string of the molecule is CC(SC1=N/C(=C/c2ccc(N(C)C)cc2)C(=O)N1c1ccccc1)C(=O)Nc1ccc(C(=O)O)cc1. The van der Waals surface area contributed by atoms with Crippen molar-refractivity contribution in [2.24, 2.45) is 4.99 Å². The number of aromatic carboxylic acids is 1. The van der Waals surface area contributed by atoms with Gasteiger partial charge in [-0.25, -0.2) is 9.79 Å². The van der Waals surface area contributed by atoms with Gasteiger partial charge in [-0.1, -0.05) is 42.1 Å². The minimum atomic E-state index is -1.04. The molecule has 0 saturated heterocycles. The third kappa shape index (κ3) is 6.07. The van der Waals surface area contributed by atoms with E-state index in [0.29, 0.717) is 16.5 Å². The van der Waals surface area contributed by atoms with E-state index in [1.807, 2.05) is 73.6 Å². The second-order valence-electron chi connectivity index (χ2n) is 8.52. The van der Waals surface area contributed by atoms with Crippen LogP contribution in [0.4, 0.5) is 17.1 Å². The summed E-state index contributed by atoms with van der Waals surface area (Å²) in [4.78, 5) is 45.4. The standard InChI is InChI=1S/C28H26N4O4S/c1-18(25(33)29-21-13-11-20(12-14-21)27(35)36)37-28-30-24(17-19-9-15-22(16-10-19)31(2)3)26(34)32(28)23-7-5-4-6-8-23/h4-18H,1-3H3,(H,29,33)(H,35,36)/b24-17+. The molecule has 37 heavy (non-hydrogen) atoms. The number of carbonyl (C=O) groups excluding carboxylic acids is 2. The summed E-state index contributed by atoms with van der Waals surface area (Å²) < 4.78 is 0. The number of thioether (sulfide) groups is 1. The fourth-order valence-corrected chi connectivity index (χ4v) is 4.49. The second kappa shape index (κ2) is 11.1. The van der Waals surface area contributed by atoms with Gasteiger partial charge < -0.3 is 15.3 Å². The van der Waals surface area contributed by atoms with Crippen LogP contribution in [0.2, 0.25) is 0 Å². The van der Waals surface area contributed by atoms with Crippen LogP contribution in [0.25, 0.3) is 6.08 Å². The van der Waals surface area contributed by atoms with E-state index in [9.17, 15) is 14.4 Å². The summed E-state index contributed by atoms with van der Waals surface area (Å²) in [6.45, 7) is 1.73. The van der Waals surface area contributed by atoms with Crippen LogP contribution in [-0.2, 0) is 9.59 Å². The lowest BCUT2D eigenvalue weighted by atomic mass is 10.1. The lowest BCUT2D eigenvalue weighted by molar-refractivity contribution is -0.115. The number of carboxylic acids is 1. The smallest absolute Gasteiger partial charge is 0.335 e. The largest absolute Gasteiger partial charge is 0.478 e. The molecule has 3 aromatic carbocycles. The highest BCUT2D eigenvalue weighted by molar-refractivity contribution is 8.15. The molecule has 1 heterocycles. The van der Waals surface area contributed by atoms with Crippen molar-refractivity contribution in [3.05, 3.63) is 95.7 Å². The summed E-state index contributed by atoms with van der Waals surface area (Å²) in [7, 11) is 3.92. The number of benzene rings is 3. The second-order valence-corrected chi connectivity index (χ2v) is 9.83. The zero-order chi connectivity index (χ0) is 26.5. The van der Waals surface area contributed by atoms with Gasteiger partial charge in [0.2, 0.25) is 5.91 Å². The van der Waals surface area contributed by atoms with Crippen LogP contribution in [0, 0.1) is 0 Å². The quantitative estimate of drug-likeness (QED) is 0.433. The maximum atomic E-state index is 13.4. The van der Waals surface area contributed by atoms with E-state index >= 15 is 0 Å². The molecule has 2 amide bonds. The molecule has 4 rings (SSSR count). The number of amidine groups is 1. The molecule has 0 spiro atoms. The molecule has 0 bridgehead atoms. The number of aliphatic imine (C=N–C) groups is 1. The first-order chi connectivity index (χ1) is 17.7. The summed E-state index contributed by atoms with van der Waals surface area (Å²) in [5, 5.41) is 11.6. The Morgan fingerprint density at radius 3 is 2.24 bits per heavy atom. The number of para-hydroxylation sites is 1. The number of amides is 2. The van der Waals surface area contributed by atoms with Crippen molar-refractivity contribution in [3.8, 4) is 0 Å². The van der Waals surface area contributed by atoms with Crippen LogP contribution < -0.4 is 15.1 Å². The normalized spacial score (nSPS) is 14.9. The molecule has 2 N–H and O–H groups in total. The minimum Gasteiger partial charge on any atom is -0.478 e. The van der Waals surface area contributed by atoms with Gasteiger partial charge in [0.15, 0.2) is 5.17 Å². The third-order valence-electron chi connectivity index (χ3n) is 5.61. The summed E-state index contributed by atoms with van der Waals surface area (Å²) >= 11 is 1.17. The summed E-state index contributed by atoms with van der Waals surface area (Å²) in [6, 6.07) is 22.9. The molecule has 8 nitrogen and oxygen atoms in total. The van der Waals surface area contributed by atoms with Crippen molar-refractivity contribution in [1.29, 1.82) is 0 Å². The molecule has 1 aliphatic heterocycles. The van der Waals surface area contributed by atoms with Gasteiger partial charge in [0.25, 0.3) is 5.91 Å². The first kappa shape index (κ1) is 25.7. The molecule has 1 unspecified atom stereocenters. The van der Waals surface area contributed by atoms with Crippen LogP contribution in [0.15, 0.2) is 89.6 Å². The van der Waals surface area contributed by atoms with Gasteiger partial charge >= 0.3 is 5.97 Å². The molecular formula is C28H26N4O4S. The Kier molecular flexibility index (Phi) is 7.74. The monoisotopic (exact) mass is 514 g/mol. The topological polar surface area (TPSA) is 102 Å². The predicted octanol–water partition coefficient (Wildman–Crippen LogP) is 4.95. The van der Waals surface area contributed by atoms with Crippen LogP contribution in [0.5, 0.6) is 0 Å². The van der Waals surface area contributed by atoms with E-state index in [1.54, 1.807) is 13.0 Å². The van der Waals surface area contributed by atoms with Crippen LogP contribution in [-0.4, -0.2) is 47.4 Å². The van der Waals surface area contributed by atoms with E-state index in [2.05, 4.69) is 10.3 Å². The molecule has 9 heteroatoms. The van der Waals surface area contributed by atoms with E-state index in [1.165, 1.54) is 40.9 Å². The molecule has 1 aliphatic rings. The molecule has 1 atom stereocenters. The zero-order valence-electron chi connectivity index (χ0n) is 20.6. The Morgan fingerprint density at radius 2 is 1.65 bits per heavy atom. The Hall–Kier alpha value is -4.37. The molecular weight excluding hydrogens is 488 g/mol. The van der Waals surface area contributed by atoms with Crippen molar-refractivity contribution in [3.63, 3.8) is 0 Å². The number of nitrogens with zero attached hydrogens (tertiary/aromatic N) is 3. The zero-order valence-corrected chi connectivity index (χ0v) is 21.4. The Balaban J connectivity index is 1.56. The first-order valence-corrected chi connectivity index (χ1v) is 12.4. The number of anilines is 3. The fraction of sp³-hybridized carbons (Fsp3) is 0.143. The molecule has 188 valence electrons. The van der Waals surface area contributed by atoms with E-state index in [0.717, 1.165) is 11.3 Å². The minimum absolute atomic E-state index is 0.133. The number of hydrogen-bond donors (Lipinski definition) is 2. The summed E-state index contributed by atoms with van der Waals surface area (Å²) in [6.07, 6.45) is 1.74. The molecule has 0 aromatic heterocycles. The Bertz CT molecular complexity index is 1370. The summed E-state index contributed by atoms with van der Waals surface area (Å²) in [5.74, 6) is -1.61. The molecule has 3 aromatic rings. The van der Waals surface area contributed by atoms with Crippen molar-refractivity contribution < 1.29 is 19.5 Å². The maximum absolute atomic E-state index is 13.4. The van der Waals surface area contributed by atoms with E-state index in [-0.39, 0.29) is 23.1 Å². The highest BCUT2D eigenvalue weighted by Crippen LogP contribution is 2.31. The van der Waals surface area contributed by atoms with Gasteiger partial charge in [-0.15, -0.1) is 0 Å². The summed E-state index contributed by atoms with van der Waals surface area (Å²) in [5.41, 5.74) is 3.43.